The number of halogens is 1. The molecule has 0 unspecified atom stereocenters. The lowest BCUT2D eigenvalue weighted by Gasteiger charge is -2.26. The smallest absolute Gasteiger partial charge is 0.256 e. The molecule has 1 saturated heterocycles. The molecule has 0 bridgehead atoms. The van der Waals surface area contributed by atoms with Crippen LogP contribution in [0.4, 0.5) is 15.2 Å². The molecule has 4 rings (SSSR count). The molecule has 2 heterocycles. The molecule has 28 heavy (non-hydrogen) atoms. The summed E-state index contributed by atoms with van der Waals surface area (Å²) >= 11 is 1.27. The summed E-state index contributed by atoms with van der Waals surface area (Å²) in [7, 11) is 0. The van der Waals surface area contributed by atoms with Gasteiger partial charge in [0, 0.05) is 24.3 Å². The molecule has 6 nitrogen and oxygen atoms in total. The molecule has 0 atom stereocenters. The quantitative estimate of drug-likeness (QED) is 0.675. The molecule has 1 fully saturated rings. The van der Waals surface area contributed by atoms with Gasteiger partial charge in [-0.1, -0.05) is 11.3 Å². The molecule has 1 aromatic heterocycles. The fourth-order valence-electron chi connectivity index (χ4n) is 3.06. The van der Waals surface area contributed by atoms with Crippen LogP contribution in [-0.2, 0) is 4.74 Å². The zero-order chi connectivity index (χ0) is 19.7. The Morgan fingerprint density at radius 2 is 1.89 bits per heavy atom. The normalized spacial score (nSPS) is 14.3. The van der Waals surface area contributed by atoms with E-state index in [1.54, 1.807) is 29.2 Å². The summed E-state index contributed by atoms with van der Waals surface area (Å²) in [6.07, 6.45) is 0. The number of hydrogen-bond acceptors (Lipinski definition) is 6. The molecule has 0 aliphatic carbocycles. The summed E-state index contributed by atoms with van der Waals surface area (Å²) in [6, 6.07) is 9.64. The second-order valence-electron chi connectivity index (χ2n) is 6.48. The van der Waals surface area contributed by atoms with Crippen molar-refractivity contribution in [3.8, 4) is 0 Å². The number of morpholine rings is 1. The van der Waals surface area contributed by atoms with Crippen LogP contribution in [0.3, 0.4) is 0 Å². The topological polar surface area (TPSA) is 71.5 Å². The van der Waals surface area contributed by atoms with Gasteiger partial charge in [0.1, 0.15) is 5.82 Å². The number of ether oxygens (including phenoxy) is 1. The van der Waals surface area contributed by atoms with Crippen molar-refractivity contribution < 1.29 is 18.7 Å². The fraction of sp³-hybridized carbons (Fsp3) is 0.250. The van der Waals surface area contributed by atoms with Crippen LogP contribution in [0.15, 0.2) is 36.4 Å². The zero-order valence-corrected chi connectivity index (χ0v) is 16.0. The third kappa shape index (κ3) is 3.74. The molecule has 1 N–H and O–H groups in total. The highest BCUT2D eigenvalue weighted by molar-refractivity contribution is 7.22. The lowest BCUT2D eigenvalue weighted by molar-refractivity contribution is 0.0304. The van der Waals surface area contributed by atoms with Gasteiger partial charge in [0.2, 0.25) is 0 Å². The predicted octanol–water partition coefficient (Wildman–Crippen LogP) is 3.85. The first kappa shape index (κ1) is 18.5. The van der Waals surface area contributed by atoms with E-state index in [9.17, 15) is 14.0 Å². The lowest BCUT2D eigenvalue weighted by Crippen LogP contribution is -2.40. The molecule has 1 aliphatic heterocycles. The number of rotatable bonds is 4. The first-order valence-electron chi connectivity index (χ1n) is 8.86. The number of thiazole rings is 1. The Hall–Kier alpha value is -2.84. The van der Waals surface area contributed by atoms with E-state index in [1.807, 2.05) is 0 Å². The van der Waals surface area contributed by atoms with Gasteiger partial charge in [-0.05, 0) is 43.3 Å². The van der Waals surface area contributed by atoms with Crippen LogP contribution in [-0.4, -0.2) is 47.9 Å². The minimum atomic E-state index is -0.467. The highest BCUT2D eigenvalue weighted by atomic mass is 32.1. The monoisotopic (exact) mass is 399 g/mol. The number of anilines is 2. The summed E-state index contributed by atoms with van der Waals surface area (Å²) in [6.45, 7) is 3.43. The first-order chi connectivity index (χ1) is 13.5. The van der Waals surface area contributed by atoms with Crippen molar-refractivity contribution in [2.45, 2.75) is 6.92 Å². The van der Waals surface area contributed by atoms with E-state index in [-0.39, 0.29) is 17.3 Å². The van der Waals surface area contributed by atoms with Gasteiger partial charge >= 0.3 is 0 Å². The van der Waals surface area contributed by atoms with Gasteiger partial charge in [-0.25, -0.2) is 9.37 Å². The third-order valence-corrected chi connectivity index (χ3v) is 5.45. The SMILES string of the molecule is CC(=O)c1ccc(Nc2nc3c(C(=O)N4CCOCC4)cc(F)cc3s2)cc1. The minimum absolute atomic E-state index is 0.00622. The Morgan fingerprint density at radius 1 is 1.18 bits per heavy atom. The van der Waals surface area contributed by atoms with Gasteiger partial charge in [0.15, 0.2) is 10.9 Å². The Morgan fingerprint density at radius 3 is 2.57 bits per heavy atom. The molecule has 0 spiro atoms. The number of amides is 1. The van der Waals surface area contributed by atoms with Gasteiger partial charge in [0.05, 0.1) is 29.0 Å². The number of benzene rings is 2. The van der Waals surface area contributed by atoms with E-state index in [4.69, 9.17) is 4.74 Å². The van der Waals surface area contributed by atoms with Crippen LogP contribution < -0.4 is 5.32 Å². The Labute approximate surface area is 164 Å². The van der Waals surface area contributed by atoms with Gasteiger partial charge in [0.25, 0.3) is 5.91 Å². The highest BCUT2D eigenvalue weighted by Gasteiger charge is 2.23. The average molecular weight is 399 g/mol. The number of nitrogens with one attached hydrogen (secondary N) is 1. The first-order valence-corrected chi connectivity index (χ1v) is 9.68. The number of ketones is 1. The molecule has 0 radical (unpaired) electrons. The van der Waals surface area contributed by atoms with Gasteiger partial charge in [-0.2, -0.15) is 0 Å². The summed E-state index contributed by atoms with van der Waals surface area (Å²) in [5.41, 5.74) is 2.11. The van der Waals surface area contributed by atoms with Crippen molar-refractivity contribution in [1.82, 2.24) is 9.88 Å². The standard InChI is InChI=1S/C20H18FN3O3S/c1-12(25)13-2-4-15(5-3-13)22-20-23-18-16(10-14(21)11-17(18)28-20)19(26)24-6-8-27-9-7-24/h2-5,10-11H,6-9H2,1H3,(H,22,23). The van der Waals surface area contributed by atoms with Crippen LogP contribution in [0.2, 0.25) is 0 Å². The van der Waals surface area contributed by atoms with Crippen LogP contribution in [0.5, 0.6) is 0 Å². The van der Waals surface area contributed by atoms with Crippen molar-refractivity contribution in [3.05, 3.63) is 53.3 Å². The number of fused-ring (bicyclic) bond motifs is 1. The van der Waals surface area contributed by atoms with Gasteiger partial charge in [-0.15, -0.1) is 0 Å². The van der Waals surface area contributed by atoms with Crippen LogP contribution in [0, 0.1) is 5.82 Å². The number of aromatic nitrogens is 1. The van der Waals surface area contributed by atoms with Crippen molar-refractivity contribution in [3.63, 3.8) is 0 Å². The molecular weight excluding hydrogens is 381 g/mol. The number of Topliss-reactive ketones (excluding diaryl/α,β-unsaturated/α-hetero) is 1. The summed E-state index contributed by atoms with van der Waals surface area (Å²) < 4.78 is 20.0. The summed E-state index contributed by atoms with van der Waals surface area (Å²) in [5, 5.41) is 3.70. The number of carbonyl (C=O) groups excluding carboxylic acids is 2. The zero-order valence-electron chi connectivity index (χ0n) is 15.2. The molecule has 144 valence electrons. The Bertz CT molecular complexity index is 1040. The maximum atomic E-state index is 14.1. The molecule has 1 aliphatic rings. The maximum absolute atomic E-state index is 14.1. The minimum Gasteiger partial charge on any atom is -0.378 e. The van der Waals surface area contributed by atoms with E-state index in [0.29, 0.717) is 47.2 Å². The molecular formula is C20H18FN3O3S. The Kier molecular flexibility index (Phi) is 5.06. The van der Waals surface area contributed by atoms with Crippen LogP contribution in [0.25, 0.3) is 10.2 Å². The van der Waals surface area contributed by atoms with E-state index in [1.165, 1.54) is 30.4 Å². The van der Waals surface area contributed by atoms with E-state index >= 15 is 0 Å². The molecule has 2 aromatic carbocycles. The number of nitrogens with zero attached hydrogens (tertiary/aromatic N) is 2. The van der Waals surface area contributed by atoms with E-state index in [0.717, 1.165) is 5.69 Å². The molecule has 3 aromatic rings. The lowest BCUT2D eigenvalue weighted by atomic mass is 10.1. The maximum Gasteiger partial charge on any atom is 0.256 e. The van der Waals surface area contributed by atoms with Crippen LogP contribution >= 0.6 is 11.3 Å². The largest absolute Gasteiger partial charge is 0.378 e. The number of carbonyl (C=O) groups is 2. The second-order valence-corrected chi connectivity index (χ2v) is 7.51. The average Bonchev–Trinajstić information content (AvgIpc) is 3.10. The second kappa shape index (κ2) is 7.65. The molecule has 0 saturated carbocycles. The fourth-order valence-corrected chi connectivity index (χ4v) is 4.00. The predicted molar refractivity (Wildman–Crippen MR) is 106 cm³/mol. The van der Waals surface area contributed by atoms with E-state index < -0.39 is 5.82 Å². The third-order valence-electron chi connectivity index (χ3n) is 4.53. The van der Waals surface area contributed by atoms with Gasteiger partial charge < -0.3 is 15.0 Å². The van der Waals surface area contributed by atoms with E-state index in [2.05, 4.69) is 10.3 Å². The van der Waals surface area contributed by atoms with Crippen molar-refractivity contribution in [1.29, 1.82) is 0 Å². The van der Waals surface area contributed by atoms with Crippen molar-refractivity contribution >= 4 is 44.1 Å². The molecule has 8 heteroatoms. The van der Waals surface area contributed by atoms with Gasteiger partial charge in [-0.3, -0.25) is 9.59 Å². The van der Waals surface area contributed by atoms with Crippen LogP contribution in [0.1, 0.15) is 27.6 Å². The summed E-state index contributed by atoms with van der Waals surface area (Å²) in [4.78, 5) is 30.4. The highest BCUT2D eigenvalue weighted by Crippen LogP contribution is 2.32. The summed E-state index contributed by atoms with van der Waals surface area (Å²) in [5.74, 6) is -0.714. The Balaban J connectivity index is 1.64. The van der Waals surface area contributed by atoms with Crippen molar-refractivity contribution in [2.75, 3.05) is 31.6 Å². The number of hydrogen-bond donors (Lipinski definition) is 1. The molecule has 1 amide bonds. The van der Waals surface area contributed by atoms with Crippen molar-refractivity contribution in [2.24, 2.45) is 0 Å².